The van der Waals surface area contributed by atoms with E-state index in [1.165, 1.54) is 12.1 Å². The van der Waals surface area contributed by atoms with Crippen molar-refractivity contribution in [3.8, 4) is 17.1 Å². The second kappa shape index (κ2) is 8.79. The highest BCUT2D eigenvalue weighted by atomic mass is 19.4. The van der Waals surface area contributed by atoms with Crippen LogP contribution in [-0.4, -0.2) is 27.0 Å². The Morgan fingerprint density at radius 3 is 2.52 bits per heavy atom. The number of aromatic nitrogens is 3. The van der Waals surface area contributed by atoms with E-state index in [2.05, 4.69) is 15.0 Å². The number of pyridine rings is 1. The van der Waals surface area contributed by atoms with Gasteiger partial charge in [-0.25, -0.2) is 0 Å². The van der Waals surface area contributed by atoms with Gasteiger partial charge in [0.15, 0.2) is 0 Å². The van der Waals surface area contributed by atoms with Crippen molar-refractivity contribution in [3.05, 3.63) is 66.0 Å². The molecule has 2 heterocycles. The lowest BCUT2D eigenvalue weighted by atomic mass is 10.2. The Labute approximate surface area is 177 Å². The van der Waals surface area contributed by atoms with E-state index in [-0.39, 0.29) is 17.9 Å². The number of carbonyl (C=O) groups is 1. The molecule has 0 bridgehead atoms. The van der Waals surface area contributed by atoms with Gasteiger partial charge in [-0.2, -0.15) is 5.10 Å². The predicted octanol–water partition coefficient (Wildman–Crippen LogP) is 4.89. The largest absolute Gasteiger partial charge is 0.573 e. The fourth-order valence-corrected chi connectivity index (χ4v) is 3.75. The smallest absolute Gasteiger partial charge is 0.406 e. The summed E-state index contributed by atoms with van der Waals surface area (Å²) in [6, 6.07) is 12.7. The summed E-state index contributed by atoms with van der Waals surface area (Å²) in [6.45, 7) is 0.194. The SMILES string of the molecule is O=C(NCc1cc(-c2ccccn2)n(C2CCCC2)n1)c1ccc(OC(F)(F)F)cc1. The van der Waals surface area contributed by atoms with Gasteiger partial charge < -0.3 is 10.1 Å². The number of amides is 1. The Hall–Kier alpha value is -3.36. The molecule has 0 aliphatic heterocycles. The first-order valence-corrected chi connectivity index (χ1v) is 10.0. The van der Waals surface area contributed by atoms with Crippen molar-refractivity contribution in [2.24, 2.45) is 0 Å². The standard InChI is InChI=1S/C22H21F3N4O2/c23-22(24,25)31-18-10-8-15(9-11-18)21(30)27-14-16-13-20(19-7-3-4-12-26-19)29(28-16)17-5-1-2-6-17/h3-4,7-13,17H,1-2,5-6,14H2,(H,27,30). The Morgan fingerprint density at radius 1 is 1.13 bits per heavy atom. The maximum Gasteiger partial charge on any atom is 0.573 e. The zero-order valence-electron chi connectivity index (χ0n) is 16.6. The van der Waals surface area contributed by atoms with E-state index >= 15 is 0 Å². The Kier molecular flexibility index (Phi) is 5.92. The van der Waals surface area contributed by atoms with Crippen LogP contribution in [0.4, 0.5) is 13.2 Å². The summed E-state index contributed by atoms with van der Waals surface area (Å²) >= 11 is 0. The molecule has 1 amide bonds. The summed E-state index contributed by atoms with van der Waals surface area (Å²) in [7, 11) is 0. The molecule has 0 unspecified atom stereocenters. The van der Waals surface area contributed by atoms with Gasteiger partial charge in [-0.15, -0.1) is 13.2 Å². The molecule has 4 rings (SSSR count). The third kappa shape index (κ3) is 5.22. The summed E-state index contributed by atoms with van der Waals surface area (Å²) in [6.07, 6.45) is 1.39. The lowest BCUT2D eigenvalue weighted by Gasteiger charge is -2.13. The van der Waals surface area contributed by atoms with E-state index < -0.39 is 12.3 Å². The Bertz CT molecular complexity index is 1030. The fourth-order valence-electron chi connectivity index (χ4n) is 3.75. The van der Waals surface area contributed by atoms with E-state index in [4.69, 9.17) is 5.10 Å². The molecule has 3 aromatic rings. The topological polar surface area (TPSA) is 69.0 Å². The number of hydrogen-bond acceptors (Lipinski definition) is 4. The maximum atomic E-state index is 12.4. The molecule has 2 aromatic heterocycles. The van der Waals surface area contributed by atoms with E-state index in [1.807, 2.05) is 28.9 Å². The van der Waals surface area contributed by atoms with Crippen molar-refractivity contribution < 1.29 is 22.7 Å². The molecule has 0 spiro atoms. The number of carbonyl (C=O) groups excluding carboxylic acids is 1. The molecule has 0 radical (unpaired) electrons. The number of benzene rings is 1. The average molecular weight is 430 g/mol. The van der Waals surface area contributed by atoms with Crippen molar-refractivity contribution >= 4 is 5.91 Å². The minimum Gasteiger partial charge on any atom is -0.406 e. The summed E-state index contributed by atoms with van der Waals surface area (Å²) in [4.78, 5) is 16.8. The number of nitrogens with one attached hydrogen (secondary N) is 1. The molecule has 9 heteroatoms. The zero-order chi connectivity index (χ0) is 21.8. The molecule has 1 aromatic carbocycles. The minimum absolute atomic E-state index is 0.194. The number of halogens is 3. The molecule has 0 atom stereocenters. The van der Waals surface area contributed by atoms with Gasteiger partial charge >= 0.3 is 6.36 Å². The Balaban J connectivity index is 1.46. The van der Waals surface area contributed by atoms with Gasteiger partial charge in [0.05, 0.1) is 29.7 Å². The van der Waals surface area contributed by atoms with Gasteiger partial charge in [0.2, 0.25) is 0 Å². The van der Waals surface area contributed by atoms with Crippen LogP contribution in [0, 0.1) is 0 Å². The molecule has 1 saturated carbocycles. The molecular weight excluding hydrogens is 409 g/mol. The third-order valence-corrected chi connectivity index (χ3v) is 5.16. The normalized spacial score (nSPS) is 14.5. The summed E-state index contributed by atoms with van der Waals surface area (Å²) in [5.41, 5.74) is 2.65. The predicted molar refractivity (Wildman–Crippen MR) is 107 cm³/mol. The van der Waals surface area contributed by atoms with E-state index in [0.29, 0.717) is 11.7 Å². The first kappa shape index (κ1) is 20.9. The van der Waals surface area contributed by atoms with Crippen LogP contribution in [0.1, 0.15) is 47.8 Å². The molecule has 0 saturated heterocycles. The first-order valence-electron chi connectivity index (χ1n) is 10.0. The highest BCUT2D eigenvalue weighted by Crippen LogP contribution is 2.33. The first-order chi connectivity index (χ1) is 14.9. The van der Waals surface area contributed by atoms with E-state index in [1.54, 1.807) is 6.20 Å². The van der Waals surface area contributed by atoms with Gasteiger partial charge in [0, 0.05) is 11.8 Å². The molecule has 1 N–H and O–H groups in total. The number of alkyl halides is 3. The molecule has 1 aliphatic carbocycles. The highest BCUT2D eigenvalue weighted by Gasteiger charge is 2.31. The van der Waals surface area contributed by atoms with E-state index in [9.17, 15) is 18.0 Å². The number of rotatable bonds is 6. The van der Waals surface area contributed by atoms with Crippen LogP contribution in [-0.2, 0) is 6.54 Å². The van der Waals surface area contributed by atoms with Crippen LogP contribution in [0.3, 0.4) is 0 Å². The van der Waals surface area contributed by atoms with E-state index in [0.717, 1.165) is 49.2 Å². The Morgan fingerprint density at radius 2 is 1.87 bits per heavy atom. The summed E-state index contributed by atoms with van der Waals surface area (Å²) in [5.74, 6) is -0.785. The average Bonchev–Trinajstić information content (AvgIpc) is 3.42. The summed E-state index contributed by atoms with van der Waals surface area (Å²) in [5, 5.41) is 7.47. The van der Waals surface area contributed by atoms with Crippen LogP contribution in [0.15, 0.2) is 54.7 Å². The highest BCUT2D eigenvalue weighted by molar-refractivity contribution is 5.94. The van der Waals surface area contributed by atoms with Gasteiger partial charge in [-0.05, 0) is 55.3 Å². The van der Waals surface area contributed by atoms with Gasteiger partial charge in [0.1, 0.15) is 5.75 Å². The van der Waals surface area contributed by atoms with Crippen LogP contribution < -0.4 is 10.1 Å². The second-order valence-electron chi connectivity index (χ2n) is 7.37. The van der Waals surface area contributed by atoms with Crippen molar-refractivity contribution in [1.29, 1.82) is 0 Å². The van der Waals surface area contributed by atoms with Crippen molar-refractivity contribution in [3.63, 3.8) is 0 Å². The van der Waals surface area contributed by atoms with Crippen LogP contribution in [0.5, 0.6) is 5.75 Å². The molecular formula is C22H21F3N4O2. The van der Waals surface area contributed by atoms with Crippen LogP contribution >= 0.6 is 0 Å². The van der Waals surface area contributed by atoms with Crippen molar-refractivity contribution in [2.45, 2.75) is 44.6 Å². The molecule has 6 nitrogen and oxygen atoms in total. The van der Waals surface area contributed by atoms with Crippen LogP contribution in [0.25, 0.3) is 11.4 Å². The zero-order valence-corrected chi connectivity index (χ0v) is 16.6. The molecule has 1 aliphatic rings. The quantitative estimate of drug-likeness (QED) is 0.605. The minimum atomic E-state index is -4.77. The monoisotopic (exact) mass is 430 g/mol. The summed E-state index contributed by atoms with van der Waals surface area (Å²) < 4.78 is 42.6. The fraction of sp³-hybridized carbons (Fsp3) is 0.318. The lowest BCUT2D eigenvalue weighted by Crippen LogP contribution is -2.23. The van der Waals surface area contributed by atoms with Gasteiger partial charge in [-0.3, -0.25) is 14.5 Å². The van der Waals surface area contributed by atoms with Crippen molar-refractivity contribution in [1.82, 2.24) is 20.1 Å². The number of hydrogen-bond donors (Lipinski definition) is 1. The van der Waals surface area contributed by atoms with Crippen molar-refractivity contribution in [2.75, 3.05) is 0 Å². The molecule has 162 valence electrons. The second-order valence-corrected chi connectivity index (χ2v) is 7.37. The maximum absolute atomic E-state index is 12.4. The molecule has 31 heavy (non-hydrogen) atoms. The van der Waals surface area contributed by atoms with Crippen LogP contribution in [0.2, 0.25) is 0 Å². The van der Waals surface area contributed by atoms with Gasteiger partial charge in [0.25, 0.3) is 5.91 Å². The molecule has 1 fully saturated rings. The number of nitrogens with zero attached hydrogens (tertiary/aromatic N) is 3. The van der Waals surface area contributed by atoms with Gasteiger partial charge in [-0.1, -0.05) is 18.9 Å². The lowest BCUT2D eigenvalue weighted by molar-refractivity contribution is -0.274. The number of ether oxygens (including phenoxy) is 1. The third-order valence-electron chi connectivity index (χ3n) is 5.16.